The molecular weight excluding hydrogens is 618 g/mol. The van der Waals surface area contributed by atoms with E-state index in [2.05, 4.69) is 5.32 Å². The van der Waals surface area contributed by atoms with Gasteiger partial charge in [0.1, 0.15) is 41.8 Å². The number of fused-ring (bicyclic) bond motifs is 1. The number of amides is 1. The topological polar surface area (TPSA) is 86.3 Å². The van der Waals surface area contributed by atoms with Crippen LogP contribution < -0.4 is 24.4 Å². The summed E-state index contributed by atoms with van der Waals surface area (Å²) in [6.45, 7) is 19.3. The van der Waals surface area contributed by atoms with Crippen molar-refractivity contribution in [2.75, 3.05) is 31.0 Å². The van der Waals surface area contributed by atoms with E-state index in [1.54, 1.807) is 31.2 Å². The zero-order valence-electron chi connectivity index (χ0n) is 29.8. The van der Waals surface area contributed by atoms with Crippen LogP contribution in [0.2, 0.25) is 0 Å². The molecule has 0 saturated heterocycles. The lowest BCUT2D eigenvalue weighted by atomic mass is 9.91. The lowest BCUT2D eigenvalue weighted by Crippen LogP contribution is -2.52. The molecule has 1 heterocycles. The summed E-state index contributed by atoms with van der Waals surface area (Å²) in [4.78, 5) is 15.0. The molecule has 1 amide bonds. The maximum absolute atomic E-state index is 14.1. The Bertz CT molecular complexity index is 1670. The van der Waals surface area contributed by atoms with Crippen LogP contribution in [0.4, 0.5) is 15.8 Å². The third-order valence-electron chi connectivity index (χ3n) is 8.47. The van der Waals surface area contributed by atoms with Crippen molar-refractivity contribution in [2.24, 2.45) is 0 Å². The highest BCUT2D eigenvalue weighted by atomic mass is 31.2. The Hall–Kier alpha value is -3.55. The van der Waals surface area contributed by atoms with Crippen LogP contribution in [0.1, 0.15) is 73.4 Å². The monoisotopic (exact) mass is 668 g/mol. The van der Waals surface area contributed by atoms with Gasteiger partial charge in [-0.1, -0.05) is 53.7 Å². The molecule has 10 heteroatoms. The molecular formula is C37H50FN2O6P. The summed E-state index contributed by atoms with van der Waals surface area (Å²) in [7, 11) is 0.269. The van der Waals surface area contributed by atoms with E-state index in [9.17, 15) is 13.8 Å². The number of benzene rings is 3. The molecule has 1 aliphatic heterocycles. The Morgan fingerprint density at radius 2 is 1.57 bits per heavy atom. The summed E-state index contributed by atoms with van der Waals surface area (Å²) in [6, 6.07) is 13.9. The third-order valence-corrected chi connectivity index (χ3v) is 12.7. The number of aryl methyl sites for hydroxylation is 1. The van der Waals surface area contributed by atoms with Gasteiger partial charge in [0.05, 0.1) is 24.6 Å². The quantitative estimate of drug-likeness (QED) is 0.216. The fraction of sp³-hybridized carbons (Fsp3) is 0.486. The number of rotatable bonds is 10. The first-order chi connectivity index (χ1) is 21.7. The number of ether oxygens (including phenoxy) is 3. The summed E-state index contributed by atoms with van der Waals surface area (Å²) in [5, 5.41) is 2.30. The van der Waals surface area contributed by atoms with Crippen molar-refractivity contribution < 1.29 is 32.5 Å². The Kier molecular flexibility index (Phi) is 10.2. The van der Waals surface area contributed by atoms with Crippen molar-refractivity contribution in [1.29, 1.82) is 0 Å². The summed E-state index contributed by atoms with van der Waals surface area (Å²) in [6.07, 6.45) is -0.426. The molecule has 0 fully saturated rings. The molecule has 0 radical (unpaired) electrons. The van der Waals surface area contributed by atoms with Crippen molar-refractivity contribution in [2.45, 2.75) is 97.8 Å². The fourth-order valence-corrected chi connectivity index (χ4v) is 9.33. The molecule has 47 heavy (non-hydrogen) atoms. The molecule has 3 aromatic rings. The summed E-state index contributed by atoms with van der Waals surface area (Å²) in [5.74, 6) is 1.03. The molecule has 0 aromatic heterocycles. The number of nitrogens with zero attached hydrogens (tertiary/aromatic N) is 1. The van der Waals surface area contributed by atoms with Gasteiger partial charge in [0, 0.05) is 40.6 Å². The van der Waals surface area contributed by atoms with Gasteiger partial charge in [-0.2, -0.15) is 0 Å². The number of carbonyl (C=O) groups is 1. The fourth-order valence-electron chi connectivity index (χ4n) is 6.11. The number of carbonyl (C=O) groups excluding carboxylic acids is 1. The van der Waals surface area contributed by atoms with Gasteiger partial charge in [0.25, 0.3) is 5.91 Å². The first-order valence-corrected chi connectivity index (χ1v) is 17.5. The van der Waals surface area contributed by atoms with E-state index in [4.69, 9.17) is 18.7 Å². The number of hydrogen-bond donors (Lipinski definition) is 1. The largest absolute Gasteiger partial charge is 0.496 e. The molecule has 3 aromatic carbocycles. The third kappa shape index (κ3) is 7.31. The standard InChI is InChI=1S/C37H50FN2O6P/c1-23-13-14-25(38)19-31(23)45-22-29-27(17-18-30-33(29)40(11)34(41)37(9,10)39-30)28-16-15-26(20-32(28)43-12)44-21-24(2)46-47(42,35(3,4)5)36(6,7)8/h13-20,24,39H,21-22H2,1-12H3/t24-/m0/s1. The van der Waals surface area contributed by atoms with Crippen LogP contribution in [0.15, 0.2) is 48.5 Å². The molecule has 0 spiro atoms. The van der Waals surface area contributed by atoms with E-state index in [0.717, 1.165) is 27.9 Å². The Morgan fingerprint density at radius 3 is 2.19 bits per heavy atom. The maximum atomic E-state index is 14.1. The molecule has 256 valence electrons. The van der Waals surface area contributed by atoms with Gasteiger partial charge in [-0.3, -0.25) is 9.36 Å². The molecule has 0 aliphatic carbocycles. The molecule has 1 atom stereocenters. The SMILES string of the molecule is COc1cc(OC[C@H](C)OP(=O)(C(C)(C)C)C(C)(C)C)ccc1-c1ccc2c(c1COc1cc(F)ccc1C)N(C)C(=O)C(C)(C)N2. The molecule has 4 rings (SSSR count). The van der Waals surface area contributed by atoms with Crippen molar-refractivity contribution in [3.63, 3.8) is 0 Å². The predicted molar refractivity (Wildman–Crippen MR) is 188 cm³/mol. The highest BCUT2D eigenvalue weighted by Gasteiger charge is 2.48. The first kappa shape index (κ1) is 36.3. The molecule has 1 N–H and O–H groups in total. The van der Waals surface area contributed by atoms with Gasteiger partial charge in [-0.05, 0) is 63.1 Å². The minimum atomic E-state index is -3.07. The number of methoxy groups -OCH3 is 1. The average molecular weight is 669 g/mol. The van der Waals surface area contributed by atoms with Gasteiger partial charge < -0.3 is 29.0 Å². The Labute approximate surface area is 279 Å². The van der Waals surface area contributed by atoms with Gasteiger partial charge in [0.2, 0.25) is 7.37 Å². The van der Waals surface area contributed by atoms with Gasteiger partial charge in [-0.25, -0.2) is 4.39 Å². The van der Waals surface area contributed by atoms with Crippen LogP contribution in [0.3, 0.4) is 0 Å². The first-order valence-electron chi connectivity index (χ1n) is 15.9. The van der Waals surface area contributed by atoms with Crippen molar-refractivity contribution >= 4 is 24.7 Å². The van der Waals surface area contributed by atoms with Crippen LogP contribution in [0, 0.1) is 12.7 Å². The van der Waals surface area contributed by atoms with E-state index in [1.165, 1.54) is 12.1 Å². The highest BCUT2D eigenvalue weighted by Crippen LogP contribution is 2.68. The number of halogens is 1. The lowest BCUT2D eigenvalue weighted by Gasteiger charge is -2.41. The van der Waals surface area contributed by atoms with E-state index in [1.807, 2.05) is 93.5 Å². The second kappa shape index (κ2) is 13.2. The second-order valence-electron chi connectivity index (χ2n) is 14.8. The molecule has 0 saturated carbocycles. The van der Waals surface area contributed by atoms with E-state index in [-0.39, 0.29) is 19.1 Å². The van der Waals surface area contributed by atoms with Crippen LogP contribution in [-0.2, 0) is 20.5 Å². The average Bonchev–Trinajstić information content (AvgIpc) is 2.97. The molecule has 0 unspecified atom stereocenters. The van der Waals surface area contributed by atoms with Crippen LogP contribution in [0.25, 0.3) is 11.1 Å². The number of nitrogens with one attached hydrogen (secondary N) is 1. The number of hydrogen-bond acceptors (Lipinski definition) is 7. The van der Waals surface area contributed by atoms with E-state index in [0.29, 0.717) is 22.9 Å². The molecule has 1 aliphatic rings. The van der Waals surface area contributed by atoms with E-state index < -0.39 is 35.1 Å². The minimum absolute atomic E-state index is 0.0698. The summed E-state index contributed by atoms with van der Waals surface area (Å²) in [5.41, 5.74) is 3.74. The van der Waals surface area contributed by atoms with Crippen molar-refractivity contribution in [3.8, 4) is 28.4 Å². The van der Waals surface area contributed by atoms with Crippen molar-refractivity contribution in [1.82, 2.24) is 0 Å². The summed E-state index contributed by atoms with van der Waals surface area (Å²) >= 11 is 0. The van der Waals surface area contributed by atoms with Gasteiger partial charge in [0.15, 0.2) is 0 Å². The maximum Gasteiger partial charge on any atom is 0.251 e. The van der Waals surface area contributed by atoms with Crippen LogP contribution >= 0.6 is 7.37 Å². The Morgan fingerprint density at radius 1 is 0.936 bits per heavy atom. The molecule has 8 nitrogen and oxygen atoms in total. The van der Waals surface area contributed by atoms with Gasteiger partial charge in [-0.15, -0.1) is 0 Å². The zero-order chi connectivity index (χ0) is 35.1. The number of likely N-dealkylation sites (N-methyl/N-ethyl adjacent to an activating group) is 1. The second-order valence-corrected chi connectivity index (χ2v) is 18.8. The lowest BCUT2D eigenvalue weighted by molar-refractivity contribution is -0.121. The predicted octanol–water partition coefficient (Wildman–Crippen LogP) is 9.21. The Balaban J connectivity index is 1.69. The highest BCUT2D eigenvalue weighted by molar-refractivity contribution is 7.62. The molecule has 0 bridgehead atoms. The van der Waals surface area contributed by atoms with Crippen LogP contribution in [0.5, 0.6) is 17.2 Å². The van der Waals surface area contributed by atoms with E-state index >= 15 is 0 Å². The summed E-state index contributed by atoms with van der Waals surface area (Å²) < 4.78 is 52.6. The van der Waals surface area contributed by atoms with Crippen molar-refractivity contribution in [3.05, 3.63) is 65.5 Å². The smallest absolute Gasteiger partial charge is 0.251 e. The number of anilines is 2. The minimum Gasteiger partial charge on any atom is -0.496 e. The normalized spacial score (nSPS) is 15.5. The van der Waals surface area contributed by atoms with Crippen LogP contribution in [-0.4, -0.2) is 48.6 Å². The zero-order valence-corrected chi connectivity index (χ0v) is 30.7. The van der Waals surface area contributed by atoms with Gasteiger partial charge >= 0.3 is 0 Å².